The fourth-order valence-electron chi connectivity index (χ4n) is 0. The molecule has 0 atom stereocenters. The van der Waals surface area contributed by atoms with Crippen LogP contribution in [0, 0.1) is 0 Å². The van der Waals surface area contributed by atoms with Gasteiger partial charge in [-0.2, -0.15) is 0 Å². The van der Waals surface area contributed by atoms with Gasteiger partial charge in [0.2, 0.25) is 0 Å². The first-order chi connectivity index (χ1) is 3.15. The van der Waals surface area contributed by atoms with Crippen molar-refractivity contribution in [3.05, 3.63) is 0 Å². The van der Waals surface area contributed by atoms with Crippen molar-refractivity contribution < 1.29 is 5.11 Å². The summed E-state index contributed by atoms with van der Waals surface area (Å²) in [4.78, 5) is 0. The Balaban J connectivity index is 0. The summed E-state index contributed by atoms with van der Waals surface area (Å²) in [6, 6.07) is 0. The van der Waals surface area contributed by atoms with Crippen LogP contribution in [0.2, 0.25) is 0 Å². The van der Waals surface area contributed by atoms with E-state index in [1.165, 1.54) is 0 Å². The second-order valence-corrected chi connectivity index (χ2v) is 5.82. The Labute approximate surface area is 59.8 Å². The van der Waals surface area contributed by atoms with Crippen LogP contribution in [0.1, 0.15) is 13.8 Å². The quantitative estimate of drug-likeness (QED) is 0.583. The van der Waals surface area contributed by atoms with Gasteiger partial charge in [-0.15, -0.1) is 0 Å². The number of aliphatic hydroxyl groups is 1. The Morgan fingerprint density at radius 3 is 1.43 bits per heavy atom. The molecule has 4 heteroatoms. The predicted molar refractivity (Wildman–Crippen MR) is 36.2 cm³/mol. The molecule has 0 radical (unpaired) electrons. The van der Waals surface area contributed by atoms with Gasteiger partial charge in [0.15, 0.2) is 0 Å². The second kappa shape index (κ2) is 10.2. The van der Waals surface area contributed by atoms with Gasteiger partial charge in [0.05, 0.1) is 0 Å². The van der Waals surface area contributed by atoms with Crippen molar-refractivity contribution in [2.24, 2.45) is 0 Å². The molecule has 1 nitrogen and oxygen atoms in total. The van der Waals surface area contributed by atoms with Crippen molar-refractivity contribution in [1.82, 2.24) is 0 Å². The first-order valence-electron chi connectivity index (χ1n) is 1.95. The Morgan fingerprint density at radius 1 is 1.43 bits per heavy atom. The molecule has 0 aromatic rings. The van der Waals surface area contributed by atoms with Crippen LogP contribution in [0.25, 0.3) is 0 Å². The van der Waals surface area contributed by atoms with Crippen LogP contribution in [-0.4, -0.2) is 26.6 Å². The van der Waals surface area contributed by atoms with Crippen LogP contribution < -0.4 is 0 Å². The molecule has 0 aromatic carbocycles. The van der Waals surface area contributed by atoms with E-state index in [1.807, 2.05) is 0 Å². The molecule has 0 aliphatic rings. The van der Waals surface area contributed by atoms with E-state index in [4.69, 9.17) is 24.4 Å². The third-order valence-electron chi connectivity index (χ3n) is 0. The SMILES string of the molecule is CC(C)O.[Cl][GaH][Cl]. The summed E-state index contributed by atoms with van der Waals surface area (Å²) in [5.74, 6) is 0. The maximum absolute atomic E-state index is 8.06. The minimum absolute atomic E-state index is 0.167. The van der Waals surface area contributed by atoms with Gasteiger partial charge in [-0.25, -0.2) is 0 Å². The van der Waals surface area contributed by atoms with E-state index in [0.717, 1.165) is 0 Å². The number of hydrogen-bond donors (Lipinski definition) is 1. The van der Waals surface area contributed by atoms with Gasteiger partial charge in [-0.3, -0.25) is 0 Å². The van der Waals surface area contributed by atoms with Crippen LogP contribution >= 0.6 is 19.3 Å². The molecule has 0 spiro atoms. The third kappa shape index (κ3) is 139. The zero-order valence-corrected chi connectivity index (χ0v) is 8.97. The van der Waals surface area contributed by atoms with E-state index >= 15 is 0 Å². The fraction of sp³-hybridized carbons (Fsp3) is 1.00. The Kier molecular flexibility index (Phi) is 16.1. The van der Waals surface area contributed by atoms with Gasteiger partial charge >= 0.3 is 34.7 Å². The average Bonchev–Trinajstić information content (AvgIpc) is 1.33. The van der Waals surface area contributed by atoms with Crippen LogP contribution in [0.5, 0.6) is 0 Å². The minimum atomic E-state index is -0.931. The first-order valence-corrected chi connectivity index (χ1v) is 9.75. The molecule has 44 valence electrons. The first kappa shape index (κ1) is 11.0. The summed E-state index contributed by atoms with van der Waals surface area (Å²) in [6.45, 7) is 3.44. The molecule has 7 heavy (non-hydrogen) atoms. The molecule has 0 saturated heterocycles. The molecule has 0 bridgehead atoms. The summed E-state index contributed by atoms with van der Waals surface area (Å²) in [5.41, 5.74) is 0. The summed E-state index contributed by atoms with van der Waals surface area (Å²) in [7, 11) is 9.90. The molecule has 0 aliphatic heterocycles. The standard InChI is InChI=1S/C3H8O.2ClH.Ga.H/c1-3(2)4;;;;/h3-4H,1-2H3;2*1H;;/q;;;+2;/p-2. The average molecular weight is 202 g/mol. The van der Waals surface area contributed by atoms with Gasteiger partial charge in [0.25, 0.3) is 0 Å². The van der Waals surface area contributed by atoms with E-state index in [2.05, 4.69) is 0 Å². The van der Waals surface area contributed by atoms with Crippen molar-refractivity contribution in [3.63, 3.8) is 0 Å². The van der Waals surface area contributed by atoms with Crippen LogP contribution in [0.3, 0.4) is 0 Å². The van der Waals surface area contributed by atoms with Gasteiger partial charge in [-0.05, 0) is 13.8 Å². The Morgan fingerprint density at radius 2 is 1.43 bits per heavy atom. The van der Waals surface area contributed by atoms with E-state index in [-0.39, 0.29) is 6.10 Å². The molecule has 0 heterocycles. The van der Waals surface area contributed by atoms with Crippen LogP contribution in [0.4, 0.5) is 0 Å². The molecule has 1 N–H and O–H groups in total. The van der Waals surface area contributed by atoms with E-state index < -0.39 is 15.4 Å². The number of hydrogen-bond acceptors (Lipinski definition) is 1. The Hall–Kier alpha value is 1.18. The van der Waals surface area contributed by atoms with Crippen molar-refractivity contribution in [1.29, 1.82) is 0 Å². The van der Waals surface area contributed by atoms with Gasteiger partial charge in [-0.1, -0.05) is 0 Å². The van der Waals surface area contributed by atoms with Crippen LogP contribution in [0.15, 0.2) is 0 Å². The normalized spacial score (nSPS) is 7.14. The molecule has 0 unspecified atom stereocenters. The molecule has 0 rings (SSSR count). The third-order valence-corrected chi connectivity index (χ3v) is 0. The molecule has 0 saturated carbocycles. The van der Waals surface area contributed by atoms with E-state index in [9.17, 15) is 0 Å². The van der Waals surface area contributed by atoms with Crippen LogP contribution in [-0.2, 0) is 0 Å². The fourth-order valence-corrected chi connectivity index (χ4v) is 0. The summed E-state index contributed by atoms with van der Waals surface area (Å²) < 4.78 is 0. The molecule has 0 aromatic heterocycles. The molecular formula is C3H9Cl2GaO. The number of rotatable bonds is 0. The summed E-state index contributed by atoms with van der Waals surface area (Å²) in [5, 5.41) is 8.06. The van der Waals surface area contributed by atoms with Crippen molar-refractivity contribution in [3.8, 4) is 0 Å². The molecule has 0 aliphatic carbocycles. The zero-order valence-electron chi connectivity index (χ0n) is 4.49. The predicted octanol–water partition coefficient (Wildman–Crippen LogP) is 1.12. The maximum atomic E-state index is 8.06. The molecule has 0 fully saturated rings. The van der Waals surface area contributed by atoms with Crippen molar-refractivity contribution >= 4 is 34.7 Å². The topological polar surface area (TPSA) is 20.2 Å². The Bertz CT molecular complexity index is 24.1. The van der Waals surface area contributed by atoms with Gasteiger partial charge in [0.1, 0.15) is 0 Å². The van der Waals surface area contributed by atoms with Gasteiger partial charge in [0, 0.05) is 6.10 Å². The number of halogens is 2. The van der Waals surface area contributed by atoms with Crippen molar-refractivity contribution in [2.45, 2.75) is 20.0 Å². The summed E-state index contributed by atoms with van der Waals surface area (Å²) >= 11 is -0.931. The number of aliphatic hydroxyl groups excluding tert-OH is 1. The zero-order chi connectivity index (χ0) is 6.28. The molecule has 0 amide bonds. The van der Waals surface area contributed by atoms with E-state index in [1.54, 1.807) is 13.8 Å². The summed E-state index contributed by atoms with van der Waals surface area (Å²) in [6.07, 6.45) is -0.167. The van der Waals surface area contributed by atoms with Crippen molar-refractivity contribution in [2.75, 3.05) is 0 Å². The monoisotopic (exact) mass is 200 g/mol. The molecular weight excluding hydrogens is 193 g/mol. The van der Waals surface area contributed by atoms with Gasteiger partial charge < -0.3 is 5.11 Å². The second-order valence-electron chi connectivity index (χ2n) is 1.19. The van der Waals surface area contributed by atoms with E-state index in [0.29, 0.717) is 0 Å².